The van der Waals surface area contributed by atoms with Crippen molar-refractivity contribution in [2.75, 3.05) is 25.0 Å². The van der Waals surface area contributed by atoms with Gasteiger partial charge in [-0.1, -0.05) is 22.9 Å². The molecule has 2 aromatic rings. The van der Waals surface area contributed by atoms with E-state index in [2.05, 4.69) is 10.5 Å². The van der Waals surface area contributed by atoms with Crippen molar-refractivity contribution >= 4 is 21.7 Å². The van der Waals surface area contributed by atoms with Gasteiger partial charge in [0.15, 0.2) is 5.82 Å². The van der Waals surface area contributed by atoms with Crippen LogP contribution in [0.5, 0.6) is 0 Å². The van der Waals surface area contributed by atoms with Crippen LogP contribution in [-0.2, 0) is 19.6 Å². The maximum absolute atomic E-state index is 13.5. The Morgan fingerprint density at radius 2 is 1.90 bits per heavy atom. The molecule has 0 spiro atoms. The van der Waals surface area contributed by atoms with Crippen LogP contribution < -0.4 is 5.32 Å². The molecule has 1 aliphatic heterocycles. The van der Waals surface area contributed by atoms with Crippen molar-refractivity contribution in [1.82, 2.24) is 9.46 Å². The molecule has 3 rings (SSSR count). The first kappa shape index (κ1) is 21.5. The number of nitrogens with zero attached hydrogens (tertiary/aromatic N) is 2. The van der Waals surface area contributed by atoms with Crippen molar-refractivity contribution in [3.63, 3.8) is 0 Å². The standard InChI is InChI=1S/C20H27N3O5S/c1-13-8-14(2)20(15(3)9-13)29(25,26)23(11-17-6-5-7-27-17)12-19(24)21-18-10-16(4)28-22-18/h8-10,17H,5-7,11-12H2,1-4H3,(H,21,22,24). The summed E-state index contributed by atoms with van der Waals surface area (Å²) >= 11 is 0. The second-order valence-corrected chi connectivity index (χ2v) is 9.41. The zero-order valence-electron chi connectivity index (χ0n) is 17.2. The number of anilines is 1. The van der Waals surface area contributed by atoms with Crippen LogP contribution in [0.2, 0.25) is 0 Å². The van der Waals surface area contributed by atoms with Crippen LogP contribution in [0.1, 0.15) is 35.3 Å². The Bertz CT molecular complexity index is 970. The van der Waals surface area contributed by atoms with Gasteiger partial charge in [0.05, 0.1) is 17.5 Å². The summed E-state index contributed by atoms with van der Waals surface area (Å²) < 4.78 is 38.8. The number of aryl methyl sites for hydroxylation is 4. The first-order valence-electron chi connectivity index (χ1n) is 9.59. The van der Waals surface area contributed by atoms with Gasteiger partial charge in [-0.05, 0) is 51.7 Å². The predicted molar refractivity (Wildman–Crippen MR) is 108 cm³/mol. The van der Waals surface area contributed by atoms with Gasteiger partial charge in [-0.15, -0.1) is 0 Å². The third kappa shape index (κ3) is 5.04. The van der Waals surface area contributed by atoms with E-state index in [1.807, 2.05) is 19.1 Å². The summed E-state index contributed by atoms with van der Waals surface area (Å²) in [6.45, 7) is 7.57. The number of ether oxygens (including phenoxy) is 1. The number of carbonyl (C=O) groups is 1. The van der Waals surface area contributed by atoms with E-state index in [0.717, 1.165) is 18.4 Å². The van der Waals surface area contributed by atoms with Crippen LogP contribution in [0.4, 0.5) is 5.82 Å². The van der Waals surface area contributed by atoms with Crippen LogP contribution in [0.3, 0.4) is 0 Å². The van der Waals surface area contributed by atoms with E-state index in [0.29, 0.717) is 23.5 Å². The van der Waals surface area contributed by atoms with E-state index in [1.165, 1.54) is 4.31 Å². The Labute approximate surface area is 171 Å². The monoisotopic (exact) mass is 421 g/mol. The van der Waals surface area contributed by atoms with Crippen LogP contribution in [0.25, 0.3) is 0 Å². The number of amides is 1. The molecular formula is C20H27N3O5S. The molecule has 1 aromatic heterocycles. The highest BCUT2D eigenvalue weighted by Gasteiger charge is 2.33. The van der Waals surface area contributed by atoms with Crippen molar-refractivity contribution in [1.29, 1.82) is 0 Å². The summed E-state index contributed by atoms with van der Waals surface area (Å²) in [5.41, 5.74) is 2.31. The fraction of sp³-hybridized carbons (Fsp3) is 0.500. The second kappa shape index (κ2) is 8.64. The molecule has 1 N–H and O–H groups in total. The van der Waals surface area contributed by atoms with E-state index in [-0.39, 0.29) is 29.9 Å². The largest absolute Gasteiger partial charge is 0.377 e. The van der Waals surface area contributed by atoms with Gasteiger partial charge in [-0.25, -0.2) is 8.42 Å². The maximum atomic E-state index is 13.5. The molecule has 9 heteroatoms. The number of carbonyl (C=O) groups excluding carboxylic acids is 1. The van der Waals surface area contributed by atoms with Crippen LogP contribution >= 0.6 is 0 Å². The molecule has 0 bridgehead atoms. The lowest BCUT2D eigenvalue weighted by Crippen LogP contribution is -2.42. The van der Waals surface area contributed by atoms with Crippen LogP contribution in [-0.4, -0.2) is 49.6 Å². The minimum absolute atomic E-state index is 0.125. The molecule has 158 valence electrons. The Morgan fingerprint density at radius 3 is 2.45 bits per heavy atom. The normalized spacial score (nSPS) is 17.1. The van der Waals surface area contributed by atoms with Gasteiger partial charge < -0.3 is 14.6 Å². The van der Waals surface area contributed by atoms with E-state index in [1.54, 1.807) is 26.8 Å². The summed E-state index contributed by atoms with van der Waals surface area (Å²) in [5, 5.41) is 6.31. The molecule has 0 aliphatic carbocycles. The van der Waals surface area contributed by atoms with Crippen molar-refractivity contribution < 1.29 is 22.5 Å². The van der Waals surface area contributed by atoms with E-state index in [4.69, 9.17) is 9.26 Å². The van der Waals surface area contributed by atoms with Gasteiger partial charge in [-0.3, -0.25) is 4.79 Å². The number of rotatable bonds is 7. The number of sulfonamides is 1. The SMILES string of the molecule is Cc1cc(C)c(S(=O)(=O)N(CC(=O)Nc2cc(C)on2)CC2CCCO2)c(C)c1. The van der Waals surface area contributed by atoms with Crippen molar-refractivity contribution in [3.05, 3.63) is 40.6 Å². The number of aromatic nitrogens is 1. The third-order valence-electron chi connectivity index (χ3n) is 4.85. The zero-order valence-corrected chi connectivity index (χ0v) is 18.0. The van der Waals surface area contributed by atoms with Crippen molar-refractivity contribution in [2.24, 2.45) is 0 Å². The van der Waals surface area contributed by atoms with E-state index < -0.39 is 15.9 Å². The average molecular weight is 422 g/mol. The summed E-state index contributed by atoms with van der Waals surface area (Å²) in [4.78, 5) is 12.8. The molecule has 1 unspecified atom stereocenters. The molecule has 1 aromatic carbocycles. The highest BCUT2D eigenvalue weighted by molar-refractivity contribution is 7.89. The molecule has 0 radical (unpaired) electrons. The minimum Gasteiger partial charge on any atom is -0.377 e. The summed E-state index contributed by atoms with van der Waals surface area (Å²) in [7, 11) is -3.90. The molecular weight excluding hydrogens is 394 g/mol. The Kier molecular flexibility index (Phi) is 6.40. The predicted octanol–water partition coefficient (Wildman–Crippen LogP) is 2.72. The fourth-order valence-corrected chi connectivity index (χ4v) is 5.57. The first-order chi connectivity index (χ1) is 13.7. The second-order valence-electron chi connectivity index (χ2n) is 7.53. The van der Waals surface area contributed by atoms with Crippen LogP contribution in [0.15, 0.2) is 27.6 Å². The Balaban J connectivity index is 1.88. The average Bonchev–Trinajstić information content (AvgIpc) is 3.24. The van der Waals surface area contributed by atoms with Crippen LogP contribution in [0, 0.1) is 27.7 Å². The van der Waals surface area contributed by atoms with Gasteiger partial charge in [-0.2, -0.15) is 4.31 Å². The van der Waals surface area contributed by atoms with E-state index >= 15 is 0 Å². The smallest absolute Gasteiger partial charge is 0.244 e. The minimum atomic E-state index is -3.90. The zero-order chi connectivity index (χ0) is 21.2. The number of benzene rings is 1. The molecule has 29 heavy (non-hydrogen) atoms. The number of hydrogen-bond acceptors (Lipinski definition) is 6. The molecule has 1 amide bonds. The molecule has 8 nitrogen and oxygen atoms in total. The van der Waals surface area contributed by atoms with Gasteiger partial charge in [0.1, 0.15) is 5.76 Å². The highest BCUT2D eigenvalue weighted by Crippen LogP contribution is 2.27. The first-order valence-corrected chi connectivity index (χ1v) is 11.0. The van der Waals surface area contributed by atoms with Crippen molar-refractivity contribution in [2.45, 2.75) is 51.5 Å². The fourth-order valence-electron chi connectivity index (χ4n) is 3.73. The molecule has 1 saturated heterocycles. The molecule has 1 fully saturated rings. The number of nitrogens with one attached hydrogen (secondary N) is 1. The van der Waals surface area contributed by atoms with E-state index in [9.17, 15) is 13.2 Å². The lowest BCUT2D eigenvalue weighted by molar-refractivity contribution is -0.116. The van der Waals surface area contributed by atoms with Gasteiger partial charge in [0, 0.05) is 19.2 Å². The molecule has 1 atom stereocenters. The molecule has 0 saturated carbocycles. The summed E-state index contributed by atoms with van der Waals surface area (Å²) in [5.74, 6) is 0.321. The lowest BCUT2D eigenvalue weighted by atomic mass is 10.1. The Morgan fingerprint density at radius 1 is 1.21 bits per heavy atom. The number of hydrogen-bond donors (Lipinski definition) is 1. The van der Waals surface area contributed by atoms with Gasteiger partial charge in [0.2, 0.25) is 15.9 Å². The Hall–Kier alpha value is -2.23. The van der Waals surface area contributed by atoms with Gasteiger partial charge in [0.25, 0.3) is 0 Å². The maximum Gasteiger partial charge on any atom is 0.244 e. The van der Waals surface area contributed by atoms with Crippen molar-refractivity contribution in [3.8, 4) is 0 Å². The highest BCUT2D eigenvalue weighted by atomic mass is 32.2. The summed E-state index contributed by atoms with van der Waals surface area (Å²) in [6.07, 6.45) is 1.42. The quantitative estimate of drug-likeness (QED) is 0.738. The lowest BCUT2D eigenvalue weighted by Gasteiger charge is -2.26. The molecule has 2 heterocycles. The molecule has 1 aliphatic rings. The third-order valence-corrected chi connectivity index (χ3v) is 6.97. The van der Waals surface area contributed by atoms with Gasteiger partial charge >= 0.3 is 0 Å². The summed E-state index contributed by atoms with van der Waals surface area (Å²) in [6, 6.07) is 5.25. The topological polar surface area (TPSA) is 102 Å².